The molecule has 0 fully saturated rings. The molecular weight excluding hydrogens is 703 g/mol. The Balaban J connectivity index is 1.17. The number of anilines is 3. The van der Waals surface area contributed by atoms with E-state index in [0.29, 0.717) is 0 Å². The highest BCUT2D eigenvalue weighted by atomic mass is 16.3. The van der Waals surface area contributed by atoms with Gasteiger partial charge in [-0.1, -0.05) is 173 Å². The molecule has 0 amide bonds. The highest BCUT2D eigenvalue weighted by Crippen LogP contribution is 2.58. The van der Waals surface area contributed by atoms with Crippen molar-refractivity contribution >= 4 is 60.5 Å². The van der Waals surface area contributed by atoms with Crippen molar-refractivity contribution in [1.82, 2.24) is 0 Å². The maximum Gasteiger partial charge on any atom is 0.143 e. The first-order valence-corrected chi connectivity index (χ1v) is 20.4. The van der Waals surface area contributed by atoms with Gasteiger partial charge in [-0.2, -0.15) is 0 Å². The minimum Gasteiger partial charge on any atom is -0.455 e. The van der Waals surface area contributed by atoms with Crippen LogP contribution in [0.5, 0.6) is 0 Å². The Morgan fingerprint density at radius 2 is 1.03 bits per heavy atom. The molecule has 0 unspecified atom stereocenters. The lowest BCUT2D eigenvalue weighted by molar-refractivity contribution is 0.645. The molecule has 9 aromatic carbocycles. The van der Waals surface area contributed by atoms with Crippen molar-refractivity contribution in [3.05, 3.63) is 198 Å². The molecule has 0 aliphatic heterocycles. The normalized spacial score (nSPS) is 14.5. The summed E-state index contributed by atoms with van der Waals surface area (Å²) < 4.78 is 6.71. The van der Waals surface area contributed by atoms with Crippen molar-refractivity contribution in [2.24, 2.45) is 0 Å². The van der Waals surface area contributed by atoms with Crippen LogP contribution in [0.15, 0.2) is 180 Å². The number of para-hydroxylation sites is 2. The van der Waals surface area contributed by atoms with Crippen molar-refractivity contribution < 1.29 is 4.42 Å². The molecule has 58 heavy (non-hydrogen) atoms. The van der Waals surface area contributed by atoms with Crippen LogP contribution in [-0.4, -0.2) is 0 Å². The summed E-state index contributed by atoms with van der Waals surface area (Å²) in [7, 11) is 0. The van der Waals surface area contributed by atoms with Crippen LogP contribution < -0.4 is 4.90 Å². The molecule has 1 aromatic heterocycles. The molecular formula is C56H41NO. The van der Waals surface area contributed by atoms with Gasteiger partial charge in [0.25, 0.3) is 0 Å². The van der Waals surface area contributed by atoms with Crippen LogP contribution in [0.2, 0.25) is 0 Å². The van der Waals surface area contributed by atoms with E-state index in [-0.39, 0.29) is 10.8 Å². The molecule has 10 aromatic rings. The Kier molecular flexibility index (Phi) is 6.78. The standard InChI is InChI=1S/C56H41NO/c1-55(2)45-24-9-7-19-38(45)39-32-30-36(33-47(39)55)57(48-26-12-16-34-15-5-6-18-37(34)48)49-27-14-23-44-52-41(31-29-35-17-11-25-46(51(35)52)56(3,4)53(44)49)43-22-13-21-42-40-20-8-10-28-50(40)58-54(42)43/h5-33H,1-4H3. The van der Waals surface area contributed by atoms with E-state index < -0.39 is 0 Å². The van der Waals surface area contributed by atoms with Crippen molar-refractivity contribution in [3.8, 4) is 33.4 Å². The summed E-state index contributed by atoms with van der Waals surface area (Å²) >= 11 is 0. The van der Waals surface area contributed by atoms with Gasteiger partial charge in [0, 0.05) is 38.2 Å². The topological polar surface area (TPSA) is 16.4 Å². The lowest BCUT2D eigenvalue weighted by atomic mass is 9.66. The highest BCUT2D eigenvalue weighted by molar-refractivity contribution is 6.15. The molecule has 1 heterocycles. The average Bonchev–Trinajstić information content (AvgIpc) is 3.75. The largest absolute Gasteiger partial charge is 0.455 e. The summed E-state index contributed by atoms with van der Waals surface area (Å²) in [4.78, 5) is 2.55. The Hall–Kier alpha value is -6.90. The van der Waals surface area contributed by atoms with Crippen LogP contribution in [0.25, 0.3) is 76.9 Å². The predicted molar refractivity (Wildman–Crippen MR) is 244 cm³/mol. The molecule has 276 valence electrons. The van der Waals surface area contributed by atoms with Crippen LogP contribution >= 0.6 is 0 Å². The van der Waals surface area contributed by atoms with Gasteiger partial charge in [-0.25, -0.2) is 0 Å². The minimum atomic E-state index is -0.336. The predicted octanol–water partition coefficient (Wildman–Crippen LogP) is 15.6. The summed E-state index contributed by atoms with van der Waals surface area (Å²) in [5.41, 5.74) is 17.8. The third-order valence-corrected chi connectivity index (χ3v) is 13.4. The second-order valence-electron chi connectivity index (χ2n) is 17.2. The van der Waals surface area contributed by atoms with E-state index in [4.69, 9.17) is 4.42 Å². The molecule has 0 bridgehead atoms. The van der Waals surface area contributed by atoms with Crippen molar-refractivity contribution in [2.75, 3.05) is 4.90 Å². The van der Waals surface area contributed by atoms with Crippen LogP contribution in [-0.2, 0) is 10.8 Å². The zero-order chi connectivity index (χ0) is 38.9. The number of hydrogen-bond acceptors (Lipinski definition) is 2. The van der Waals surface area contributed by atoms with E-state index in [1.165, 1.54) is 83.0 Å². The van der Waals surface area contributed by atoms with Crippen LogP contribution in [0, 0.1) is 0 Å². The number of nitrogens with zero attached hydrogens (tertiary/aromatic N) is 1. The van der Waals surface area contributed by atoms with Gasteiger partial charge in [-0.3, -0.25) is 0 Å². The maximum atomic E-state index is 6.71. The van der Waals surface area contributed by atoms with Gasteiger partial charge >= 0.3 is 0 Å². The van der Waals surface area contributed by atoms with Gasteiger partial charge in [0.2, 0.25) is 0 Å². The fourth-order valence-corrected chi connectivity index (χ4v) is 10.7. The van der Waals surface area contributed by atoms with Crippen molar-refractivity contribution in [2.45, 2.75) is 38.5 Å². The van der Waals surface area contributed by atoms with E-state index in [0.717, 1.165) is 33.2 Å². The fourth-order valence-electron chi connectivity index (χ4n) is 10.7. The molecule has 0 saturated heterocycles. The average molecular weight is 744 g/mol. The van der Waals surface area contributed by atoms with Gasteiger partial charge in [0.15, 0.2) is 0 Å². The van der Waals surface area contributed by atoms with E-state index in [1.807, 2.05) is 0 Å². The second-order valence-corrected chi connectivity index (χ2v) is 17.2. The lowest BCUT2D eigenvalue weighted by Gasteiger charge is -2.40. The Bertz CT molecular complexity index is 3350. The molecule has 0 N–H and O–H groups in total. The molecule has 2 nitrogen and oxygen atoms in total. The Morgan fingerprint density at radius 1 is 0.414 bits per heavy atom. The quantitative estimate of drug-likeness (QED) is 0.178. The SMILES string of the molecule is CC1(C)c2ccccc2-c2ccc(N(c3cccc4c3C(C)(C)c3cccc5ccc(-c6cccc7c6oc6ccccc67)c-4c35)c3cccc4ccccc34)cc21. The zero-order valence-electron chi connectivity index (χ0n) is 33.1. The van der Waals surface area contributed by atoms with E-state index in [2.05, 4.69) is 209 Å². The molecule has 0 saturated carbocycles. The monoisotopic (exact) mass is 743 g/mol. The number of rotatable bonds is 4. The van der Waals surface area contributed by atoms with Gasteiger partial charge < -0.3 is 9.32 Å². The Morgan fingerprint density at radius 3 is 1.95 bits per heavy atom. The maximum absolute atomic E-state index is 6.71. The summed E-state index contributed by atoms with van der Waals surface area (Å²) in [6, 6.07) is 65.1. The highest BCUT2D eigenvalue weighted by Gasteiger charge is 2.40. The van der Waals surface area contributed by atoms with Crippen LogP contribution in [0.3, 0.4) is 0 Å². The molecule has 2 aliphatic rings. The van der Waals surface area contributed by atoms with Gasteiger partial charge in [0.1, 0.15) is 11.2 Å². The first-order valence-electron chi connectivity index (χ1n) is 20.4. The third-order valence-electron chi connectivity index (χ3n) is 13.4. The second kappa shape index (κ2) is 11.8. The van der Waals surface area contributed by atoms with E-state index in [9.17, 15) is 0 Å². The van der Waals surface area contributed by atoms with E-state index in [1.54, 1.807) is 0 Å². The zero-order valence-corrected chi connectivity index (χ0v) is 33.1. The number of furan rings is 1. The lowest BCUT2D eigenvalue weighted by Crippen LogP contribution is -2.27. The fraction of sp³-hybridized carbons (Fsp3) is 0.107. The van der Waals surface area contributed by atoms with Crippen molar-refractivity contribution in [3.63, 3.8) is 0 Å². The molecule has 0 atom stereocenters. The molecule has 2 aliphatic carbocycles. The minimum absolute atomic E-state index is 0.136. The Labute approximate surface area is 338 Å². The first kappa shape index (κ1) is 33.3. The van der Waals surface area contributed by atoms with Crippen molar-refractivity contribution in [1.29, 1.82) is 0 Å². The smallest absolute Gasteiger partial charge is 0.143 e. The summed E-state index contributed by atoms with van der Waals surface area (Å²) in [5.74, 6) is 0. The molecule has 0 spiro atoms. The number of fused-ring (bicyclic) bond motifs is 9. The first-order chi connectivity index (χ1) is 28.3. The third kappa shape index (κ3) is 4.43. The summed E-state index contributed by atoms with van der Waals surface area (Å²) in [5, 5.41) is 7.30. The molecule has 12 rings (SSSR count). The summed E-state index contributed by atoms with van der Waals surface area (Å²) in [6.07, 6.45) is 0. The number of benzene rings is 9. The summed E-state index contributed by atoms with van der Waals surface area (Å²) in [6.45, 7) is 9.59. The number of hydrogen-bond donors (Lipinski definition) is 0. The van der Waals surface area contributed by atoms with Gasteiger partial charge in [-0.15, -0.1) is 0 Å². The molecule has 0 radical (unpaired) electrons. The van der Waals surface area contributed by atoms with Crippen LogP contribution in [0.4, 0.5) is 17.1 Å². The van der Waals surface area contributed by atoms with Crippen LogP contribution in [0.1, 0.15) is 49.9 Å². The molecule has 2 heteroatoms. The van der Waals surface area contributed by atoms with Gasteiger partial charge in [-0.05, 0) is 96.6 Å². The van der Waals surface area contributed by atoms with Gasteiger partial charge in [0.05, 0.1) is 11.4 Å². The van der Waals surface area contributed by atoms with E-state index >= 15 is 0 Å².